The van der Waals surface area contributed by atoms with Gasteiger partial charge in [0.05, 0.1) is 6.04 Å². The lowest BCUT2D eigenvalue weighted by Gasteiger charge is -2.25. The summed E-state index contributed by atoms with van der Waals surface area (Å²) >= 11 is 7.60. The third-order valence-electron chi connectivity index (χ3n) is 3.60. The lowest BCUT2D eigenvalue weighted by molar-refractivity contribution is -0.117. The van der Waals surface area contributed by atoms with Crippen molar-refractivity contribution in [3.8, 4) is 0 Å². The minimum Gasteiger partial charge on any atom is -0.346 e. The van der Waals surface area contributed by atoms with Crippen molar-refractivity contribution in [1.82, 2.24) is 5.32 Å². The molecule has 0 saturated heterocycles. The number of hydrogen-bond acceptors (Lipinski definition) is 2. The van der Waals surface area contributed by atoms with Crippen LogP contribution in [0.5, 0.6) is 0 Å². The average Bonchev–Trinajstić information content (AvgIpc) is 2.54. The zero-order chi connectivity index (χ0) is 16.2. The molecule has 1 aliphatic rings. The van der Waals surface area contributed by atoms with Crippen LogP contribution < -0.4 is 5.32 Å². The Morgan fingerprint density at radius 2 is 2.17 bits per heavy atom. The van der Waals surface area contributed by atoms with Crippen molar-refractivity contribution in [3.63, 3.8) is 0 Å². The molecule has 2 aromatic carbocycles. The van der Waals surface area contributed by atoms with Crippen LogP contribution in [-0.2, 0) is 4.79 Å². The first-order valence-corrected chi connectivity index (χ1v) is 8.64. The summed E-state index contributed by atoms with van der Waals surface area (Å²) in [5, 5.41) is 3.57. The van der Waals surface area contributed by atoms with Gasteiger partial charge in [-0.2, -0.15) is 0 Å². The molecule has 0 spiro atoms. The predicted molar refractivity (Wildman–Crippen MR) is 93.1 cm³/mol. The maximum atomic E-state index is 13.5. The molecule has 0 fully saturated rings. The Labute approximate surface area is 143 Å². The molecule has 1 atom stereocenters. The summed E-state index contributed by atoms with van der Waals surface area (Å²) in [6.45, 7) is 0. The van der Waals surface area contributed by atoms with Crippen molar-refractivity contribution in [2.45, 2.75) is 17.4 Å². The number of carbonyl (C=O) groups is 1. The van der Waals surface area contributed by atoms with Crippen molar-refractivity contribution in [2.24, 2.45) is 0 Å². The molecule has 0 saturated carbocycles. The van der Waals surface area contributed by atoms with Crippen molar-refractivity contribution < 1.29 is 9.18 Å². The van der Waals surface area contributed by atoms with Gasteiger partial charge in [0.25, 0.3) is 0 Å². The van der Waals surface area contributed by atoms with Crippen molar-refractivity contribution in [1.29, 1.82) is 0 Å². The predicted octanol–water partition coefficient (Wildman–Crippen LogP) is 4.85. The highest BCUT2D eigenvalue weighted by atomic mass is 35.5. The van der Waals surface area contributed by atoms with Gasteiger partial charge in [-0.15, -0.1) is 11.8 Å². The first-order valence-electron chi connectivity index (χ1n) is 7.28. The van der Waals surface area contributed by atoms with E-state index < -0.39 is 0 Å². The van der Waals surface area contributed by atoms with Gasteiger partial charge >= 0.3 is 0 Å². The molecule has 0 aliphatic carbocycles. The smallest absolute Gasteiger partial charge is 0.244 e. The van der Waals surface area contributed by atoms with E-state index in [9.17, 15) is 9.18 Å². The van der Waals surface area contributed by atoms with E-state index in [1.165, 1.54) is 18.2 Å². The number of halogens is 2. The van der Waals surface area contributed by atoms with E-state index in [0.717, 1.165) is 28.2 Å². The number of rotatable bonds is 3. The third-order valence-corrected chi connectivity index (χ3v) is 4.96. The van der Waals surface area contributed by atoms with Gasteiger partial charge in [0.15, 0.2) is 0 Å². The molecular formula is C18H15ClFNOS. The van der Waals surface area contributed by atoms with E-state index in [-0.39, 0.29) is 17.8 Å². The Morgan fingerprint density at radius 3 is 3.00 bits per heavy atom. The number of thioether (sulfide) groups is 1. The summed E-state index contributed by atoms with van der Waals surface area (Å²) in [4.78, 5) is 13.2. The zero-order valence-corrected chi connectivity index (χ0v) is 13.8. The van der Waals surface area contributed by atoms with Crippen molar-refractivity contribution in [3.05, 3.63) is 70.5 Å². The molecule has 1 amide bonds. The van der Waals surface area contributed by atoms with E-state index >= 15 is 0 Å². The molecule has 0 aromatic heterocycles. The molecule has 1 aliphatic heterocycles. The van der Waals surface area contributed by atoms with E-state index in [1.807, 2.05) is 12.1 Å². The third kappa shape index (κ3) is 4.15. The fraction of sp³-hybridized carbons (Fsp3) is 0.167. The fourth-order valence-electron chi connectivity index (χ4n) is 2.52. The monoisotopic (exact) mass is 347 g/mol. The number of amides is 1. The Morgan fingerprint density at radius 1 is 1.30 bits per heavy atom. The molecule has 2 aromatic rings. The highest BCUT2D eigenvalue weighted by molar-refractivity contribution is 7.99. The summed E-state index contributed by atoms with van der Waals surface area (Å²) in [5.74, 6) is 0.429. The van der Waals surface area contributed by atoms with Crippen LogP contribution >= 0.6 is 23.4 Å². The van der Waals surface area contributed by atoms with Crippen LogP contribution in [0.2, 0.25) is 5.02 Å². The average molecular weight is 348 g/mol. The summed E-state index contributed by atoms with van der Waals surface area (Å²) in [7, 11) is 0. The molecule has 5 heteroatoms. The van der Waals surface area contributed by atoms with Crippen LogP contribution in [0.15, 0.2) is 53.4 Å². The minimum absolute atomic E-state index is 0.154. The van der Waals surface area contributed by atoms with Gasteiger partial charge in [0, 0.05) is 21.7 Å². The van der Waals surface area contributed by atoms with Crippen LogP contribution in [-0.4, -0.2) is 11.7 Å². The van der Waals surface area contributed by atoms with Crippen LogP contribution in [0.25, 0.3) is 6.08 Å². The molecule has 1 unspecified atom stereocenters. The van der Waals surface area contributed by atoms with Gasteiger partial charge in [-0.05, 0) is 54.0 Å². The van der Waals surface area contributed by atoms with Crippen LogP contribution in [0.3, 0.4) is 0 Å². The zero-order valence-electron chi connectivity index (χ0n) is 12.3. The standard InChI is InChI=1S/C18H15ClFNOS/c19-13-3-1-2-12(10-13)4-7-18(22)21-16-8-9-23-17-6-5-14(20)11-15(16)17/h1-7,10-11,16H,8-9H2,(H,21,22)/b7-4+. The highest BCUT2D eigenvalue weighted by Gasteiger charge is 2.22. The second kappa shape index (κ2) is 7.20. The lowest BCUT2D eigenvalue weighted by atomic mass is 10.0. The van der Waals surface area contributed by atoms with Gasteiger partial charge in [0.2, 0.25) is 5.91 Å². The molecule has 2 nitrogen and oxygen atoms in total. The maximum Gasteiger partial charge on any atom is 0.244 e. The number of fused-ring (bicyclic) bond motifs is 1. The second-order valence-electron chi connectivity index (χ2n) is 5.27. The Hall–Kier alpha value is -1.78. The van der Waals surface area contributed by atoms with Gasteiger partial charge in [0.1, 0.15) is 5.82 Å². The Balaban J connectivity index is 1.71. The molecule has 0 radical (unpaired) electrons. The molecule has 118 valence electrons. The highest BCUT2D eigenvalue weighted by Crippen LogP contribution is 2.36. The molecule has 1 N–H and O–H groups in total. The second-order valence-corrected chi connectivity index (χ2v) is 6.84. The quantitative estimate of drug-likeness (QED) is 0.804. The number of benzene rings is 2. The number of nitrogens with one attached hydrogen (secondary N) is 1. The SMILES string of the molecule is O=C(/C=C/c1cccc(Cl)c1)NC1CCSc2ccc(F)cc21. The summed E-state index contributed by atoms with van der Waals surface area (Å²) < 4.78 is 13.5. The van der Waals surface area contributed by atoms with Gasteiger partial charge < -0.3 is 5.32 Å². The van der Waals surface area contributed by atoms with Gasteiger partial charge in [-0.1, -0.05) is 23.7 Å². The van der Waals surface area contributed by atoms with Gasteiger partial charge in [-0.25, -0.2) is 4.39 Å². The van der Waals surface area contributed by atoms with Crippen molar-refractivity contribution in [2.75, 3.05) is 5.75 Å². The Bertz CT molecular complexity index is 762. The topological polar surface area (TPSA) is 29.1 Å². The van der Waals surface area contributed by atoms with Crippen LogP contribution in [0, 0.1) is 5.82 Å². The molecule has 23 heavy (non-hydrogen) atoms. The summed E-state index contributed by atoms with van der Waals surface area (Å²) in [5.41, 5.74) is 1.71. The molecule has 0 bridgehead atoms. The van der Waals surface area contributed by atoms with Crippen LogP contribution in [0.1, 0.15) is 23.6 Å². The van der Waals surface area contributed by atoms with Gasteiger partial charge in [-0.3, -0.25) is 4.79 Å². The van der Waals surface area contributed by atoms with Crippen molar-refractivity contribution >= 4 is 35.3 Å². The van der Waals surface area contributed by atoms with Crippen LogP contribution in [0.4, 0.5) is 4.39 Å². The van der Waals surface area contributed by atoms with E-state index in [1.54, 1.807) is 36.0 Å². The molecular weight excluding hydrogens is 333 g/mol. The summed E-state index contributed by atoms with van der Waals surface area (Å²) in [6.07, 6.45) is 3.98. The number of carbonyl (C=O) groups excluding carboxylic acids is 1. The molecule has 3 rings (SSSR count). The first kappa shape index (κ1) is 16.1. The maximum absolute atomic E-state index is 13.5. The first-order chi connectivity index (χ1) is 11.1. The number of hydrogen-bond donors (Lipinski definition) is 1. The van der Waals surface area contributed by atoms with E-state index in [2.05, 4.69) is 5.32 Å². The summed E-state index contributed by atoms with van der Waals surface area (Å²) in [6, 6.07) is 11.8. The largest absolute Gasteiger partial charge is 0.346 e. The fourth-order valence-corrected chi connectivity index (χ4v) is 3.82. The molecule has 1 heterocycles. The van der Waals surface area contributed by atoms with E-state index in [0.29, 0.717) is 5.02 Å². The Kier molecular flexibility index (Phi) is 5.03. The minimum atomic E-state index is -0.278. The van der Waals surface area contributed by atoms with E-state index in [4.69, 9.17) is 11.6 Å². The normalized spacial score (nSPS) is 17.0. The lowest BCUT2D eigenvalue weighted by Crippen LogP contribution is -2.29.